The normalized spacial score (nSPS) is 13.3. The van der Waals surface area contributed by atoms with Crippen LogP contribution in [-0.4, -0.2) is 29.5 Å². The average Bonchev–Trinajstić information content (AvgIpc) is 2.92. The Kier molecular flexibility index (Phi) is 3.04. The molecule has 18 heavy (non-hydrogen) atoms. The zero-order valence-electron chi connectivity index (χ0n) is 10.0. The SMILES string of the molecule is c1cnn(CCNc2ccc3c(c2)OCCO3)c1. The van der Waals surface area contributed by atoms with Gasteiger partial charge in [-0.15, -0.1) is 0 Å². The summed E-state index contributed by atoms with van der Waals surface area (Å²) in [6, 6.07) is 7.82. The zero-order chi connectivity index (χ0) is 12.2. The number of ether oxygens (including phenoxy) is 2. The molecule has 1 aliphatic heterocycles. The molecule has 94 valence electrons. The minimum absolute atomic E-state index is 0.615. The fraction of sp³-hybridized carbons (Fsp3) is 0.308. The molecule has 0 atom stereocenters. The number of anilines is 1. The highest BCUT2D eigenvalue weighted by atomic mass is 16.6. The van der Waals surface area contributed by atoms with Gasteiger partial charge in [-0.05, 0) is 18.2 Å². The fourth-order valence-electron chi connectivity index (χ4n) is 1.90. The minimum Gasteiger partial charge on any atom is -0.486 e. The second-order valence-corrected chi connectivity index (χ2v) is 4.05. The molecule has 5 heteroatoms. The summed E-state index contributed by atoms with van der Waals surface area (Å²) >= 11 is 0. The molecule has 0 radical (unpaired) electrons. The van der Waals surface area contributed by atoms with Crippen LogP contribution in [0, 0.1) is 0 Å². The third-order valence-electron chi connectivity index (χ3n) is 2.77. The van der Waals surface area contributed by atoms with Crippen LogP contribution in [0.5, 0.6) is 11.5 Å². The Hall–Kier alpha value is -2.17. The smallest absolute Gasteiger partial charge is 0.163 e. The molecule has 0 spiro atoms. The van der Waals surface area contributed by atoms with Crippen LogP contribution < -0.4 is 14.8 Å². The lowest BCUT2D eigenvalue weighted by molar-refractivity contribution is 0.171. The standard InChI is InChI=1S/C13H15N3O2/c1-4-15-16(6-1)7-5-14-11-2-3-12-13(10-11)18-9-8-17-12/h1-4,6,10,14H,5,7-9H2. The molecule has 1 N–H and O–H groups in total. The van der Waals surface area contributed by atoms with Crippen molar-refractivity contribution in [3.05, 3.63) is 36.7 Å². The maximum atomic E-state index is 5.53. The first-order valence-electron chi connectivity index (χ1n) is 6.03. The first-order chi connectivity index (χ1) is 8.92. The van der Waals surface area contributed by atoms with Crippen molar-refractivity contribution in [1.29, 1.82) is 0 Å². The Morgan fingerprint density at radius 2 is 2.11 bits per heavy atom. The number of fused-ring (bicyclic) bond motifs is 1. The molecule has 2 heterocycles. The van der Waals surface area contributed by atoms with Gasteiger partial charge < -0.3 is 14.8 Å². The molecular weight excluding hydrogens is 230 g/mol. The molecule has 0 unspecified atom stereocenters. The highest BCUT2D eigenvalue weighted by Crippen LogP contribution is 2.32. The largest absolute Gasteiger partial charge is 0.486 e. The Bertz CT molecular complexity index is 511. The Morgan fingerprint density at radius 3 is 2.94 bits per heavy atom. The molecule has 5 nitrogen and oxygen atoms in total. The summed E-state index contributed by atoms with van der Waals surface area (Å²) in [5.41, 5.74) is 1.03. The van der Waals surface area contributed by atoms with Crippen LogP contribution in [0.2, 0.25) is 0 Å². The van der Waals surface area contributed by atoms with Crippen LogP contribution in [0.1, 0.15) is 0 Å². The Morgan fingerprint density at radius 1 is 1.22 bits per heavy atom. The van der Waals surface area contributed by atoms with Crippen molar-refractivity contribution >= 4 is 5.69 Å². The van der Waals surface area contributed by atoms with Crippen molar-refractivity contribution in [3.8, 4) is 11.5 Å². The summed E-state index contributed by atoms with van der Waals surface area (Å²) in [5, 5.41) is 7.49. The number of nitrogens with zero attached hydrogens (tertiary/aromatic N) is 2. The number of benzene rings is 1. The molecule has 0 aliphatic carbocycles. The van der Waals surface area contributed by atoms with E-state index in [1.54, 1.807) is 6.20 Å². The third kappa shape index (κ3) is 2.40. The second kappa shape index (κ2) is 5.00. The lowest BCUT2D eigenvalue weighted by atomic mass is 10.2. The highest BCUT2D eigenvalue weighted by molar-refractivity contribution is 5.55. The summed E-state index contributed by atoms with van der Waals surface area (Å²) in [4.78, 5) is 0. The topological polar surface area (TPSA) is 48.3 Å². The predicted octanol–water partition coefficient (Wildman–Crippen LogP) is 1.77. The van der Waals surface area contributed by atoms with E-state index in [1.807, 2.05) is 35.1 Å². The number of hydrogen-bond acceptors (Lipinski definition) is 4. The second-order valence-electron chi connectivity index (χ2n) is 4.05. The first kappa shape index (κ1) is 11.0. The fourth-order valence-corrected chi connectivity index (χ4v) is 1.90. The average molecular weight is 245 g/mol. The van der Waals surface area contributed by atoms with Crippen LogP contribution in [0.15, 0.2) is 36.7 Å². The zero-order valence-corrected chi connectivity index (χ0v) is 10.0. The van der Waals surface area contributed by atoms with Gasteiger partial charge in [0.15, 0.2) is 11.5 Å². The van der Waals surface area contributed by atoms with Gasteiger partial charge in [0.2, 0.25) is 0 Å². The van der Waals surface area contributed by atoms with Gasteiger partial charge in [-0.2, -0.15) is 5.10 Å². The van der Waals surface area contributed by atoms with E-state index in [1.165, 1.54) is 0 Å². The molecule has 1 aromatic heterocycles. The first-order valence-corrected chi connectivity index (χ1v) is 6.03. The van der Waals surface area contributed by atoms with E-state index in [0.717, 1.165) is 30.3 Å². The van der Waals surface area contributed by atoms with E-state index in [9.17, 15) is 0 Å². The number of aromatic nitrogens is 2. The van der Waals surface area contributed by atoms with Gasteiger partial charge in [-0.25, -0.2) is 0 Å². The van der Waals surface area contributed by atoms with E-state index >= 15 is 0 Å². The molecular formula is C13H15N3O2. The quantitative estimate of drug-likeness (QED) is 0.891. The van der Waals surface area contributed by atoms with E-state index in [0.29, 0.717) is 13.2 Å². The Labute approximate surface area is 105 Å². The lowest BCUT2D eigenvalue weighted by Crippen LogP contribution is -2.16. The monoisotopic (exact) mass is 245 g/mol. The molecule has 0 saturated heterocycles. The van der Waals surface area contributed by atoms with E-state index < -0.39 is 0 Å². The summed E-state index contributed by atoms with van der Waals surface area (Å²) in [7, 11) is 0. The summed E-state index contributed by atoms with van der Waals surface area (Å²) in [6.07, 6.45) is 3.73. The van der Waals surface area contributed by atoms with Crippen molar-refractivity contribution < 1.29 is 9.47 Å². The molecule has 2 aromatic rings. The van der Waals surface area contributed by atoms with Crippen LogP contribution in [0.3, 0.4) is 0 Å². The van der Waals surface area contributed by atoms with Gasteiger partial charge in [0, 0.05) is 30.7 Å². The minimum atomic E-state index is 0.615. The van der Waals surface area contributed by atoms with E-state index in [4.69, 9.17) is 9.47 Å². The summed E-state index contributed by atoms with van der Waals surface area (Å²) in [5.74, 6) is 1.63. The maximum Gasteiger partial charge on any atom is 0.163 e. The van der Waals surface area contributed by atoms with Crippen LogP contribution in [0.25, 0.3) is 0 Å². The summed E-state index contributed by atoms with van der Waals surface area (Å²) in [6.45, 7) is 2.89. The van der Waals surface area contributed by atoms with Gasteiger partial charge in [-0.3, -0.25) is 4.68 Å². The van der Waals surface area contributed by atoms with Crippen LogP contribution >= 0.6 is 0 Å². The maximum absolute atomic E-state index is 5.53. The van der Waals surface area contributed by atoms with Crippen molar-refractivity contribution in [3.63, 3.8) is 0 Å². The van der Waals surface area contributed by atoms with Crippen molar-refractivity contribution in [2.24, 2.45) is 0 Å². The molecule has 0 bridgehead atoms. The summed E-state index contributed by atoms with van der Waals surface area (Å²) < 4.78 is 12.9. The van der Waals surface area contributed by atoms with Crippen molar-refractivity contribution in [1.82, 2.24) is 9.78 Å². The third-order valence-corrected chi connectivity index (χ3v) is 2.77. The molecule has 1 aliphatic rings. The van der Waals surface area contributed by atoms with Gasteiger partial charge >= 0.3 is 0 Å². The van der Waals surface area contributed by atoms with Crippen LogP contribution in [-0.2, 0) is 6.54 Å². The number of nitrogens with one attached hydrogen (secondary N) is 1. The predicted molar refractivity (Wildman–Crippen MR) is 68.1 cm³/mol. The van der Waals surface area contributed by atoms with Gasteiger partial charge in [0.25, 0.3) is 0 Å². The number of hydrogen-bond donors (Lipinski definition) is 1. The van der Waals surface area contributed by atoms with Crippen molar-refractivity contribution in [2.75, 3.05) is 25.1 Å². The van der Waals surface area contributed by atoms with Gasteiger partial charge in [0.05, 0.1) is 6.54 Å². The molecule has 0 fully saturated rings. The molecule has 1 aromatic carbocycles. The van der Waals surface area contributed by atoms with Gasteiger partial charge in [-0.1, -0.05) is 0 Å². The highest BCUT2D eigenvalue weighted by Gasteiger charge is 2.11. The molecule has 0 saturated carbocycles. The van der Waals surface area contributed by atoms with Crippen molar-refractivity contribution in [2.45, 2.75) is 6.54 Å². The van der Waals surface area contributed by atoms with Gasteiger partial charge in [0.1, 0.15) is 13.2 Å². The Balaban J connectivity index is 1.59. The molecule has 0 amide bonds. The number of rotatable bonds is 4. The lowest BCUT2D eigenvalue weighted by Gasteiger charge is -2.19. The van der Waals surface area contributed by atoms with Crippen LogP contribution in [0.4, 0.5) is 5.69 Å². The van der Waals surface area contributed by atoms with E-state index in [2.05, 4.69) is 10.4 Å². The van der Waals surface area contributed by atoms with E-state index in [-0.39, 0.29) is 0 Å². The molecule has 3 rings (SSSR count).